The average Bonchev–Trinajstić information content (AvgIpc) is 3.26. The Labute approximate surface area is 144 Å². The van der Waals surface area contributed by atoms with Gasteiger partial charge in [0, 0.05) is 26.1 Å². The normalized spacial score (nSPS) is 18.3. The van der Waals surface area contributed by atoms with Gasteiger partial charge < -0.3 is 9.88 Å². The van der Waals surface area contributed by atoms with Gasteiger partial charge in [0.15, 0.2) is 5.65 Å². The van der Waals surface area contributed by atoms with Crippen LogP contribution in [0.25, 0.3) is 22.1 Å². The standard InChI is InChI=1S/C18H19N7/c1-24-17-13(9-21-24)18(20-11-19-17)25-8-4-5-12(10-25)16-22-14-6-2-3-7-15(14)23-16/h2-3,6-7,9,11-12H,4-5,8,10H2,1H3,(H,22,23). The van der Waals surface area contributed by atoms with E-state index in [2.05, 4.69) is 37.1 Å². The van der Waals surface area contributed by atoms with Crippen molar-refractivity contribution in [1.82, 2.24) is 29.7 Å². The highest BCUT2D eigenvalue weighted by Crippen LogP contribution is 2.31. The Kier molecular flexibility index (Phi) is 3.19. The first-order valence-corrected chi connectivity index (χ1v) is 8.62. The summed E-state index contributed by atoms with van der Waals surface area (Å²) in [4.78, 5) is 19.5. The smallest absolute Gasteiger partial charge is 0.163 e. The maximum Gasteiger partial charge on any atom is 0.163 e. The van der Waals surface area contributed by atoms with Crippen LogP contribution in [0.15, 0.2) is 36.8 Å². The van der Waals surface area contributed by atoms with Crippen molar-refractivity contribution < 1.29 is 0 Å². The van der Waals surface area contributed by atoms with Crippen molar-refractivity contribution in [2.75, 3.05) is 18.0 Å². The van der Waals surface area contributed by atoms with E-state index in [9.17, 15) is 0 Å². The number of para-hydroxylation sites is 2. The number of benzene rings is 1. The Hall–Kier alpha value is -2.96. The summed E-state index contributed by atoms with van der Waals surface area (Å²) in [6, 6.07) is 8.20. The van der Waals surface area contributed by atoms with Gasteiger partial charge in [-0.2, -0.15) is 5.10 Å². The van der Waals surface area contributed by atoms with Crippen LogP contribution in [0, 0.1) is 0 Å². The lowest BCUT2D eigenvalue weighted by atomic mass is 9.97. The molecule has 25 heavy (non-hydrogen) atoms. The van der Waals surface area contributed by atoms with Gasteiger partial charge in [0.25, 0.3) is 0 Å². The SMILES string of the molecule is Cn1ncc2c(N3CCCC(c4nc5ccccc5[nH]4)C3)ncnc21. The number of piperidine rings is 1. The van der Waals surface area contributed by atoms with E-state index >= 15 is 0 Å². The average molecular weight is 333 g/mol. The van der Waals surface area contributed by atoms with Gasteiger partial charge in [-0.1, -0.05) is 12.1 Å². The van der Waals surface area contributed by atoms with E-state index in [1.807, 2.05) is 25.4 Å². The molecule has 1 N–H and O–H groups in total. The molecule has 1 aliphatic rings. The Bertz CT molecular complexity index is 1010. The monoisotopic (exact) mass is 333 g/mol. The van der Waals surface area contributed by atoms with Crippen LogP contribution < -0.4 is 4.90 Å². The number of H-pyrrole nitrogens is 1. The molecule has 126 valence electrons. The van der Waals surface area contributed by atoms with Gasteiger partial charge in [0.05, 0.1) is 22.6 Å². The molecule has 4 heterocycles. The second kappa shape index (κ2) is 5.54. The fourth-order valence-corrected chi connectivity index (χ4v) is 3.76. The molecule has 1 fully saturated rings. The molecule has 0 spiro atoms. The van der Waals surface area contributed by atoms with Crippen LogP contribution in [0.2, 0.25) is 0 Å². The van der Waals surface area contributed by atoms with Crippen LogP contribution in [0.1, 0.15) is 24.6 Å². The van der Waals surface area contributed by atoms with E-state index in [1.54, 1.807) is 11.0 Å². The van der Waals surface area contributed by atoms with Crippen LogP contribution in [0.3, 0.4) is 0 Å². The number of nitrogens with zero attached hydrogens (tertiary/aromatic N) is 6. The second-order valence-electron chi connectivity index (χ2n) is 6.63. The van der Waals surface area contributed by atoms with E-state index in [0.717, 1.165) is 59.6 Å². The summed E-state index contributed by atoms with van der Waals surface area (Å²) in [5, 5.41) is 5.34. The number of aryl methyl sites for hydroxylation is 1. The van der Waals surface area contributed by atoms with Crippen LogP contribution in [-0.2, 0) is 7.05 Å². The number of aromatic amines is 1. The number of anilines is 1. The van der Waals surface area contributed by atoms with E-state index in [-0.39, 0.29) is 0 Å². The summed E-state index contributed by atoms with van der Waals surface area (Å²) in [6.45, 7) is 1.90. The molecule has 1 saturated heterocycles. The maximum atomic E-state index is 4.80. The number of aromatic nitrogens is 6. The molecular weight excluding hydrogens is 314 g/mol. The number of hydrogen-bond acceptors (Lipinski definition) is 5. The number of hydrogen-bond donors (Lipinski definition) is 1. The maximum absolute atomic E-state index is 4.80. The van der Waals surface area contributed by atoms with Gasteiger partial charge in [-0.25, -0.2) is 15.0 Å². The van der Waals surface area contributed by atoms with Gasteiger partial charge >= 0.3 is 0 Å². The second-order valence-corrected chi connectivity index (χ2v) is 6.63. The third kappa shape index (κ3) is 2.34. The topological polar surface area (TPSA) is 75.5 Å². The van der Waals surface area contributed by atoms with Crippen molar-refractivity contribution >= 4 is 27.9 Å². The van der Waals surface area contributed by atoms with E-state index in [1.165, 1.54) is 0 Å². The summed E-state index contributed by atoms with van der Waals surface area (Å²) in [6.07, 6.45) is 5.74. The summed E-state index contributed by atoms with van der Waals surface area (Å²) in [7, 11) is 1.91. The first kappa shape index (κ1) is 14.4. The molecule has 0 amide bonds. The molecular formula is C18H19N7. The van der Waals surface area contributed by atoms with Gasteiger partial charge in [-0.3, -0.25) is 4.68 Å². The van der Waals surface area contributed by atoms with Gasteiger partial charge in [0.1, 0.15) is 18.0 Å². The number of nitrogens with one attached hydrogen (secondary N) is 1. The minimum Gasteiger partial charge on any atom is -0.355 e. The van der Waals surface area contributed by atoms with Gasteiger partial charge in [0.2, 0.25) is 0 Å². The molecule has 0 radical (unpaired) electrons. The van der Waals surface area contributed by atoms with Crippen LogP contribution in [0.4, 0.5) is 5.82 Å². The molecule has 0 saturated carbocycles. The molecule has 3 aromatic heterocycles. The van der Waals surface area contributed by atoms with E-state index in [0.29, 0.717) is 5.92 Å². The predicted octanol–water partition coefficient (Wildman–Crippen LogP) is 2.62. The third-order valence-corrected chi connectivity index (χ3v) is 5.02. The summed E-state index contributed by atoms with van der Waals surface area (Å²) < 4.78 is 1.79. The lowest BCUT2D eigenvalue weighted by Crippen LogP contribution is -2.35. The van der Waals surface area contributed by atoms with Crippen LogP contribution >= 0.6 is 0 Å². The lowest BCUT2D eigenvalue weighted by molar-refractivity contribution is 0.493. The molecule has 0 bridgehead atoms. The zero-order valence-corrected chi connectivity index (χ0v) is 14.1. The third-order valence-electron chi connectivity index (χ3n) is 5.02. The van der Waals surface area contributed by atoms with Crippen LogP contribution in [-0.4, -0.2) is 42.8 Å². The zero-order valence-electron chi connectivity index (χ0n) is 14.1. The largest absolute Gasteiger partial charge is 0.355 e. The highest BCUT2D eigenvalue weighted by Gasteiger charge is 2.26. The molecule has 1 atom stereocenters. The van der Waals surface area contributed by atoms with Gasteiger partial charge in [-0.15, -0.1) is 0 Å². The van der Waals surface area contributed by atoms with Crippen LogP contribution in [0.5, 0.6) is 0 Å². The highest BCUT2D eigenvalue weighted by molar-refractivity contribution is 5.86. The zero-order chi connectivity index (χ0) is 16.8. The highest BCUT2D eigenvalue weighted by atomic mass is 15.3. The fraction of sp³-hybridized carbons (Fsp3) is 0.333. The fourth-order valence-electron chi connectivity index (χ4n) is 3.76. The molecule has 5 rings (SSSR count). The molecule has 7 nitrogen and oxygen atoms in total. The van der Waals surface area contributed by atoms with Crippen molar-refractivity contribution in [1.29, 1.82) is 0 Å². The van der Waals surface area contributed by atoms with Crippen molar-refractivity contribution in [2.24, 2.45) is 7.05 Å². The minimum absolute atomic E-state index is 0.378. The molecule has 1 unspecified atom stereocenters. The molecule has 7 heteroatoms. The predicted molar refractivity (Wildman–Crippen MR) is 96.6 cm³/mol. The number of rotatable bonds is 2. The Morgan fingerprint density at radius 3 is 3.04 bits per heavy atom. The van der Waals surface area contributed by atoms with Gasteiger partial charge in [-0.05, 0) is 25.0 Å². The van der Waals surface area contributed by atoms with E-state index in [4.69, 9.17) is 4.98 Å². The Balaban J connectivity index is 1.49. The quantitative estimate of drug-likeness (QED) is 0.610. The van der Waals surface area contributed by atoms with E-state index < -0.39 is 0 Å². The first-order chi connectivity index (χ1) is 12.3. The number of fused-ring (bicyclic) bond motifs is 2. The van der Waals surface area contributed by atoms with Crippen molar-refractivity contribution in [3.8, 4) is 0 Å². The molecule has 1 aliphatic heterocycles. The van der Waals surface area contributed by atoms with Crippen molar-refractivity contribution in [2.45, 2.75) is 18.8 Å². The van der Waals surface area contributed by atoms with Crippen molar-refractivity contribution in [3.05, 3.63) is 42.6 Å². The summed E-state index contributed by atoms with van der Waals surface area (Å²) >= 11 is 0. The minimum atomic E-state index is 0.378. The summed E-state index contributed by atoms with van der Waals surface area (Å²) in [5.41, 5.74) is 3.01. The van der Waals surface area contributed by atoms with Crippen molar-refractivity contribution in [3.63, 3.8) is 0 Å². The summed E-state index contributed by atoms with van der Waals surface area (Å²) in [5.74, 6) is 2.42. The molecule has 0 aliphatic carbocycles. The Morgan fingerprint density at radius 1 is 1.20 bits per heavy atom. The number of imidazole rings is 1. The molecule has 1 aromatic carbocycles. The lowest BCUT2D eigenvalue weighted by Gasteiger charge is -2.32. The molecule has 4 aromatic rings. The first-order valence-electron chi connectivity index (χ1n) is 8.62. The Morgan fingerprint density at radius 2 is 2.12 bits per heavy atom.